The van der Waals surface area contributed by atoms with Crippen LogP contribution in [0.1, 0.15) is 18.9 Å². The van der Waals surface area contributed by atoms with Gasteiger partial charge in [0.15, 0.2) is 11.5 Å². The van der Waals surface area contributed by atoms with Gasteiger partial charge in [-0.25, -0.2) is 0 Å². The SMILES string of the molecule is CCOc1cc(/C=N\N2C(=O)[C@@H]3[C@@H](C2=O)[C@H]2C=C[C@H]3C2)cc(Br)c1O. The molecule has 130 valence electrons. The molecule has 1 saturated carbocycles. The van der Waals surface area contributed by atoms with E-state index >= 15 is 0 Å². The van der Waals surface area contributed by atoms with Crippen LogP contribution in [0.15, 0.2) is 33.9 Å². The van der Waals surface area contributed by atoms with Gasteiger partial charge in [0, 0.05) is 0 Å². The summed E-state index contributed by atoms with van der Waals surface area (Å²) in [6.45, 7) is 2.22. The Bertz CT molecular complexity index is 790. The van der Waals surface area contributed by atoms with Gasteiger partial charge in [0.1, 0.15) is 0 Å². The third-order valence-electron chi connectivity index (χ3n) is 5.12. The number of phenols is 1. The number of hydrogen-bond acceptors (Lipinski definition) is 5. The van der Waals surface area contributed by atoms with Crippen LogP contribution >= 0.6 is 15.9 Å². The Labute approximate surface area is 153 Å². The van der Waals surface area contributed by atoms with Gasteiger partial charge in [-0.3, -0.25) is 9.59 Å². The lowest BCUT2D eigenvalue weighted by atomic mass is 9.85. The van der Waals surface area contributed by atoms with Crippen molar-refractivity contribution in [2.24, 2.45) is 28.8 Å². The van der Waals surface area contributed by atoms with Gasteiger partial charge in [-0.1, -0.05) is 12.2 Å². The predicted octanol–water partition coefficient (Wildman–Crippen LogP) is 2.69. The molecular weight excluding hydrogens is 388 g/mol. The van der Waals surface area contributed by atoms with Gasteiger partial charge in [-0.2, -0.15) is 10.1 Å². The third-order valence-corrected chi connectivity index (χ3v) is 5.72. The Morgan fingerprint density at radius 3 is 2.52 bits per heavy atom. The van der Waals surface area contributed by atoms with Gasteiger partial charge in [-0.05, 0) is 58.8 Å². The summed E-state index contributed by atoms with van der Waals surface area (Å²) in [6.07, 6.45) is 6.44. The fraction of sp³-hybridized carbons (Fsp3) is 0.389. The topological polar surface area (TPSA) is 79.2 Å². The monoisotopic (exact) mass is 404 g/mol. The van der Waals surface area contributed by atoms with Gasteiger partial charge < -0.3 is 9.84 Å². The number of fused-ring (bicyclic) bond motifs is 5. The molecule has 1 aromatic rings. The summed E-state index contributed by atoms with van der Waals surface area (Å²) in [4.78, 5) is 25.2. The number of ether oxygens (including phenoxy) is 1. The van der Waals surface area contributed by atoms with Crippen LogP contribution in [0.3, 0.4) is 0 Å². The van der Waals surface area contributed by atoms with E-state index in [1.54, 1.807) is 12.1 Å². The Balaban J connectivity index is 1.59. The second-order valence-corrected chi connectivity index (χ2v) is 7.37. The molecule has 2 bridgehead atoms. The number of benzene rings is 1. The number of rotatable bonds is 4. The van der Waals surface area contributed by atoms with E-state index in [2.05, 4.69) is 33.2 Å². The quantitative estimate of drug-likeness (QED) is 0.475. The van der Waals surface area contributed by atoms with E-state index in [0.717, 1.165) is 11.4 Å². The normalized spacial score (nSPS) is 29.9. The number of nitrogens with zero attached hydrogens (tertiary/aromatic N) is 2. The van der Waals surface area contributed by atoms with Gasteiger partial charge in [0.2, 0.25) is 0 Å². The first-order chi connectivity index (χ1) is 12.0. The van der Waals surface area contributed by atoms with Crippen LogP contribution in [0.2, 0.25) is 0 Å². The summed E-state index contributed by atoms with van der Waals surface area (Å²) < 4.78 is 5.83. The molecule has 6 nitrogen and oxygen atoms in total. The second-order valence-electron chi connectivity index (χ2n) is 6.52. The molecule has 0 radical (unpaired) electrons. The highest BCUT2D eigenvalue weighted by atomic mass is 79.9. The molecular formula is C18H17BrN2O4. The summed E-state index contributed by atoms with van der Waals surface area (Å²) in [6, 6.07) is 3.27. The highest BCUT2D eigenvalue weighted by molar-refractivity contribution is 9.10. The van der Waals surface area contributed by atoms with Gasteiger partial charge in [0.05, 0.1) is 29.1 Å². The van der Waals surface area contributed by atoms with Crippen LogP contribution in [-0.4, -0.2) is 34.8 Å². The van der Waals surface area contributed by atoms with Crippen LogP contribution in [0.25, 0.3) is 0 Å². The molecule has 3 aliphatic rings. The van der Waals surface area contributed by atoms with Crippen molar-refractivity contribution in [1.29, 1.82) is 0 Å². The van der Waals surface area contributed by atoms with E-state index in [4.69, 9.17) is 4.74 Å². The number of hydrazone groups is 1. The highest BCUT2D eigenvalue weighted by Crippen LogP contribution is 2.52. The van der Waals surface area contributed by atoms with Crippen molar-refractivity contribution in [3.63, 3.8) is 0 Å². The minimum absolute atomic E-state index is 0.00417. The Morgan fingerprint density at radius 2 is 1.92 bits per heavy atom. The summed E-state index contributed by atoms with van der Waals surface area (Å²) in [7, 11) is 0. The number of carbonyl (C=O) groups excluding carboxylic acids is 2. The first-order valence-corrected chi connectivity index (χ1v) is 9.06. The molecule has 2 aliphatic carbocycles. The van der Waals surface area contributed by atoms with E-state index in [1.165, 1.54) is 6.21 Å². The van der Waals surface area contributed by atoms with E-state index < -0.39 is 0 Å². The summed E-state index contributed by atoms with van der Waals surface area (Å²) >= 11 is 3.26. The molecule has 1 N–H and O–H groups in total. The number of hydrogen-bond donors (Lipinski definition) is 1. The summed E-state index contributed by atoms with van der Waals surface area (Å²) in [5, 5.41) is 15.1. The molecule has 1 aromatic carbocycles. The molecule has 4 rings (SSSR count). The largest absolute Gasteiger partial charge is 0.503 e. The minimum atomic E-state index is -0.259. The first kappa shape index (κ1) is 16.3. The van der Waals surface area contributed by atoms with Crippen LogP contribution in [-0.2, 0) is 9.59 Å². The van der Waals surface area contributed by atoms with E-state index in [1.807, 2.05) is 6.92 Å². The van der Waals surface area contributed by atoms with Crippen molar-refractivity contribution in [1.82, 2.24) is 5.01 Å². The first-order valence-electron chi connectivity index (χ1n) is 8.26. The maximum atomic E-state index is 12.6. The molecule has 2 fully saturated rings. The lowest BCUT2D eigenvalue weighted by molar-refractivity contribution is -0.140. The van der Waals surface area contributed by atoms with Gasteiger partial charge >= 0.3 is 0 Å². The van der Waals surface area contributed by atoms with Crippen LogP contribution < -0.4 is 4.74 Å². The van der Waals surface area contributed by atoms with Crippen molar-refractivity contribution in [3.05, 3.63) is 34.3 Å². The molecule has 4 atom stereocenters. The zero-order valence-corrected chi connectivity index (χ0v) is 15.1. The number of phenolic OH excluding ortho intramolecular Hbond substituents is 1. The number of halogens is 1. The lowest BCUT2D eigenvalue weighted by Gasteiger charge is -2.13. The van der Waals surface area contributed by atoms with Crippen LogP contribution in [0.4, 0.5) is 0 Å². The standard InChI is InChI=1S/C18H17BrN2O4/c1-2-25-13-6-9(5-12(19)16(13)22)8-20-21-17(23)14-10-3-4-11(7-10)15(14)18(21)24/h3-6,8,10-11,14-15,22H,2,7H2,1H3/b20-8-/t10-,11-,14-,15-/m0/s1. The van der Waals surface area contributed by atoms with Crippen molar-refractivity contribution in [2.75, 3.05) is 6.61 Å². The third kappa shape index (κ3) is 2.49. The van der Waals surface area contributed by atoms with Crippen molar-refractivity contribution in [3.8, 4) is 11.5 Å². The molecule has 7 heteroatoms. The number of allylic oxidation sites excluding steroid dienone is 2. The molecule has 25 heavy (non-hydrogen) atoms. The number of aromatic hydroxyl groups is 1. The second kappa shape index (κ2) is 5.98. The predicted molar refractivity (Wildman–Crippen MR) is 94.1 cm³/mol. The fourth-order valence-electron chi connectivity index (χ4n) is 4.06. The molecule has 0 unspecified atom stereocenters. The molecule has 1 saturated heterocycles. The Hall–Kier alpha value is -2.15. The zero-order chi connectivity index (χ0) is 17.7. The van der Waals surface area contributed by atoms with Crippen molar-refractivity contribution in [2.45, 2.75) is 13.3 Å². The maximum Gasteiger partial charge on any atom is 0.254 e. The molecule has 1 aliphatic heterocycles. The lowest BCUT2D eigenvalue weighted by Crippen LogP contribution is -2.28. The van der Waals surface area contributed by atoms with Crippen molar-refractivity contribution >= 4 is 34.0 Å². The van der Waals surface area contributed by atoms with Gasteiger partial charge in [-0.15, -0.1) is 0 Å². The smallest absolute Gasteiger partial charge is 0.254 e. The van der Waals surface area contributed by atoms with E-state index in [9.17, 15) is 14.7 Å². The zero-order valence-electron chi connectivity index (χ0n) is 13.6. The number of amides is 2. The minimum Gasteiger partial charge on any atom is -0.503 e. The molecule has 1 heterocycles. The van der Waals surface area contributed by atoms with E-state index in [0.29, 0.717) is 22.4 Å². The Morgan fingerprint density at radius 1 is 1.28 bits per heavy atom. The average molecular weight is 405 g/mol. The fourth-order valence-corrected chi connectivity index (χ4v) is 4.52. The van der Waals surface area contributed by atoms with Crippen molar-refractivity contribution < 1.29 is 19.4 Å². The van der Waals surface area contributed by atoms with E-state index in [-0.39, 0.29) is 41.2 Å². The molecule has 2 amide bonds. The molecule has 0 aromatic heterocycles. The van der Waals surface area contributed by atoms with Crippen LogP contribution in [0, 0.1) is 23.7 Å². The summed E-state index contributed by atoms with van der Waals surface area (Å²) in [5.74, 6) is -0.300. The molecule has 0 spiro atoms. The Kier molecular flexibility index (Phi) is 3.91. The number of imide groups is 1. The number of carbonyl (C=O) groups is 2. The van der Waals surface area contributed by atoms with Gasteiger partial charge in [0.25, 0.3) is 11.8 Å². The maximum absolute atomic E-state index is 12.6. The summed E-state index contributed by atoms with van der Waals surface area (Å²) in [5.41, 5.74) is 0.617. The highest BCUT2D eigenvalue weighted by Gasteiger charge is 2.59. The average Bonchev–Trinajstić information content (AvgIpc) is 3.25. The van der Waals surface area contributed by atoms with Crippen LogP contribution in [0.5, 0.6) is 11.5 Å².